The fourth-order valence-electron chi connectivity index (χ4n) is 1.30. The third kappa shape index (κ3) is 2.91. The van der Waals surface area contributed by atoms with Gasteiger partial charge in [-0.05, 0) is 21.5 Å². The van der Waals surface area contributed by atoms with E-state index >= 15 is 0 Å². The number of hydrogen-bond acceptors (Lipinski definition) is 2. The van der Waals surface area contributed by atoms with Crippen molar-refractivity contribution in [1.82, 2.24) is 4.98 Å². The number of hydrogen-bond donors (Lipinski definition) is 0. The molecule has 2 nitrogen and oxygen atoms in total. The quantitative estimate of drug-likeness (QED) is 0.614. The highest BCUT2D eigenvalue weighted by Gasteiger charge is 2.39. The molecule has 0 atom stereocenters. The lowest BCUT2D eigenvalue weighted by atomic mass is 10.0. The average molecular weight is 315 g/mol. The van der Waals surface area contributed by atoms with Crippen molar-refractivity contribution in [1.29, 1.82) is 5.26 Å². The maximum atomic E-state index is 12.7. The zero-order chi connectivity index (χ0) is 13.2. The topological polar surface area (TPSA) is 36.7 Å². The van der Waals surface area contributed by atoms with Gasteiger partial charge in [-0.3, -0.25) is 0 Å². The molecule has 0 aliphatic rings. The maximum absolute atomic E-state index is 12.7. The number of nitriles is 1. The summed E-state index contributed by atoms with van der Waals surface area (Å²) >= 11 is 2.55. The van der Waals surface area contributed by atoms with Gasteiger partial charge in [0, 0.05) is 6.20 Å². The van der Waals surface area contributed by atoms with E-state index in [1.807, 2.05) is 0 Å². The highest BCUT2D eigenvalue weighted by molar-refractivity contribution is 9.10. The van der Waals surface area contributed by atoms with Gasteiger partial charge >= 0.3 is 6.18 Å². The maximum Gasteiger partial charge on any atom is 0.417 e. The molecule has 0 aliphatic carbocycles. The van der Waals surface area contributed by atoms with E-state index in [9.17, 15) is 22.0 Å². The van der Waals surface area contributed by atoms with Gasteiger partial charge in [-0.2, -0.15) is 18.4 Å². The SMILES string of the molecule is N#CCc1cnc(Br)c(C(F)F)c1C(F)(F)F. The number of rotatable bonds is 2. The molecule has 0 saturated carbocycles. The van der Waals surface area contributed by atoms with Crippen LogP contribution in [0.5, 0.6) is 0 Å². The minimum Gasteiger partial charge on any atom is -0.249 e. The van der Waals surface area contributed by atoms with E-state index in [-0.39, 0.29) is 0 Å². The van der Waals surface area contributed by atoms with E-state index < -0.39 is 40.3 Å². The first-order valence-electron chi connectivity index (χ1n) is 4.18. The minimum absolute atomic E-state index is 0.557. The Morgan fingerprint density at radius 3 is 2.41 bits per heavy atom. The van der Waals surface area contributed by atoms with Crippen molar-refractivity contribution < 1.29 is 22.0 Å². The van der Waals surface area contributed by atoms with Gasteiger partial charge in [0.1, 0.15) is 4.60 Å². The number of aromatic nitrogens is 1. The summed E-state index contributed by atoms with van der Waals surface area (Å²) < 4.78 is 62.6. The monoisotopic (exact) mass is 314 g/mol. The Labute approximate surface area is 101 Å². The van der Waals surface area contributed by atoms with Crippen LogP contribution in [0.15, 0.2) is 10.8 Å². The van der Waals surface area contributed by atoms with Crippen LogP contribution in [-0.4, -0.2) is 4.98 Å². The molecule has 0 spiro atoms. The molecule has 0 aliphatic heterocycles. The molecule has 1 heterocycles. The molecule has 17 heavy (non-hydrogen) atoms. The number of alkyl halides is 5. The molecular weight excluding hydrogens is 311 g/mol. The van der Waals surface area contributed by atoms with Crippen molar-refractivity contribution in [2.45, 2.75) is 19.0 Å². The van der Waals surface area contributed by atoms with E-state index in [1.165, 1.54) is 6.07 Å². The Hall–Kier alpha value is -1.23. The summed E-state index contributed by atoms with van der Waals surface area (Å²) in [5.41, 5.74) is -3.28. The smallest absolute Gasteiger partial charge is 0.249 e. The van der Waals surface area contributed by atoms with Crippen LogP contribution in [0.1, 0.15) is 23.1 Å². The number of pyridine rings is 1. The Kier molecular flexibility index (Phi) is 4.03. The summed E-state index contributed by atoms with van der Waals surface area (Å²) in [6.07, 6.45) is -8.15. The fraction of sp³-hybridized carbons (Fsp3) is 0.333. The predicted molar refractivity (Wildman–Crippen MR) is 51.2 cm³/mol. The summed E-state index contributed by atoms with van der Waals surface area (Å²) in [5, 5.41) is 8.36. The Morgan fingerprint density at radius 2 is 2.00 bits per heavy atom. The number of halogens is 6. The van der Waals surface area contributed by atoms with Gasteiger partial charge in [0.15, 0.2) is 0 Å². The molecule has 0 saturated heterocycles. The molecule has 8 heteroatoms. The van der Waals surface area contributed by atoms with Gasteiger partial charge in [0.05, 0.1) is 23.6 Å². The molecule has 0 bridgehead atoms. The summed E-state index contributed by atoms with van der Waals surface area (Å²) in [6.45, 7) is 0. The van der Waals surface area contributed by atoms with Crippen molar-refractivity contribution in [3.8, 4) is 6.07 Å². The second-order valence-electron chi connectivity index (χ2n) is 3.00. The highest BCUT2D eigenvalue weighted by Crippen LogP contribution is 2.41. The zero-order valence-corrected chi connectivity index (χ0v) is 9.61. The molecular formula is C9H4BrF5N2. The summed E-state index contributed by atoms with van der Waals surface area (Å²) in [7, 11) is 0. The van der Waals surface area contributed by atoms with Crippen LogP contribution in [0.4, 0.5) is 22.0 Å². The standard InChI is InChI=1S/C9H4BrF5N2/c10-7-5(8(11)12)6(9(13,14)15)4(1-2-16)3-17-7/h3,8H,1H2. The van der Waals surface area contributed by atoms with Gasteiger partial charge in [-0.25, -0.2) is 13.8 Å². The second-order valence-corrected chi connectivity index (χ2v) is 3.75. The van der Waals surface area contributed by atoms with Gasteiger partial charge in [-0.1, -0.05) is 0 Å². The van der Waals surface area contributed by atoms with Crippen LogP contribution >= 0.6 is 15.9 Å². The lowest BCUT2D eigenvalue weighted by Gasteiger charge is -2.16. The molecule has 1 aromatic heterocycles. The molecule has 1 aromatic rings. The van der Waals surface area contributed by atoms with E-state index in [1.54, 1.807) is 0 Å². The van der Waals surface area contributed by atoms with E-state index in [0.717, 1.165) is 6.20 Å². The van der Waals surface area contributed by atoms with Crippen molar-refractivity contribution >= 4 is 15.9 Å². The van der Waals surface area contributed by atoms with E-state index in [0.29, 0.717) is 0 Å². The largest absolute Gasteiger partial charge is 0.417 e. The molecule has 1 rings (SSSR count). The van der Waals surface area contributed by atoms with Crippen molar-refractivity contribution in [2.75, 3.05) is 0 Å². The minimum atomic E-state index is -4.95. The Morgan fingerprint density at radius 1 is 1.41 bits per heavy atom. The van der Waals surface area contributed by atoms with Crippen LogP contribution < -0.4 is 0 Å². The lowest BCUT2D eigenvalue weighted by molar-refractivity contribution is -0.140. The van der Waals surface area contributed by atoms with Crippen LogP contribution in [0, 0.1) is 11.3 Å². The fourth-order valence-corrected chi connectivity index (χ4v) is 1.77. The summed E-state index contributed by atoms with van der Waals surface area (Å²) in [5.74, 6) is 0. The molecule has 92 valence electrons. The first-order chi connectivity index (χ1) is 7.79. The van der Waals surface area contributed by atoms with E-state index in [4.69, 9.17) is 5.26 Å². The van der Waals surface area contributed by atoms with Crippen molar-refractivity contribution in [3.63, 3.8) is 0 Å². The van der Waals surface area contributed by atoms with Crippen LogP contribution in [0.3, 0.4) is 0 Å². The molecule has 0 fully saturated rings. The normalized spacial score (nSPS) is 11.6. The molecule has 0 N–H and O–H groups in total. The summed E-state index contributed by atoms with van der Waals surface area (Å²) in [6, 6.07) is 1.48. The zero-order valence-electron chi connectivity index (χ0n) is 8.02. The van der Waals surface area contributed by atoms with E-state index in [2.05, 4.69) is 20.9 Å². The van der Waals surface area contributed by atoms with Crippen LogP contribution in [0.2, 0.25) is 0 Å². The van der Waals surface area contributed by atoms with Gasteiger partial charge in [0.2, 0.25) is 0 Å². The van der Waals surface area contributed by atoms with Crippen molar-refractivity contribution in [3.05, 3.63) is 27.5 Å². The second kappa shape index (κ2) is 4.96. The first-order valence-corrected chi connectivity index (χ1v) is 4.98. The molecule has 0 aromatic carbocycles. The Bertz CT molecular complexity index is 464. The van der Waals surface area contributed by atoms with Gasteiger partial charge < -0.3 is 0 Å². The molecule has 0 radical (unpaired) electrons. The predicted octanol–water partition coefficient (Wildman–Crippen LogP) is 3.87. The van der Waals surface area contributed by atoms with Crippen LogP contribution in [0.25, 0.3) is 0 Å². The third-order valence-electron chi connectivity index (χ3n) is 1.92. The van der Waals surface area contributed by atoms with Gasteiger partial charge in [-0.15, -0.1) is 0 Å². The number of nitrogens with zero attached hydrogens (tertiary/aromatic N) is 2. The lowest BCUT2D eigenvalue weighted by Crippen LogP contribution is -2.15. The van der Waals surface area contributed by atoms with Crippen molar-refractivity contribution in [2.24, 2.45) is 0 Å². The Balaban J connectivity index is 3.57. The first kappa shape index (κ1) is 13.8. The average Bonchev–Trinajstić information content (AvgIpc) is 2.18. The third-order valence-corrected chi connectivity index (χ3v) is 2.55. The van der Waals surface area contributed by atoms with Crippen LogP contribution in [-0.2, 0) is 12.6 Å². The highest BCUT2D eigenvalue weighted by atomic mass is 79.9. The molecule has 0 amide bonds. The van der Waals surface area contributed by atoms with Gasteiger partial charge in [0.25, 0.3) is 6.43 Å². The summed E-state index contributed by atoms with van der Waals surface area (Å²) in [4.78, 5) is 3.38. The molecule has 0 unspecified atom stereocenters.